The molecule has 53 heavy (non-hydrogen) atoms. The number of benzene rings is 5. The molecule has 4 aliphatic rings. The van der Waals surface area contributed by atoms with Crippen molar-refractivity contribution in [3.63, 3.8) is 0 Å². The van der Waals surface area contributed by atoms with Crippen molar-refractivity contribution in [3.05, 3.63) is 183 Å². The van der Waals surface area contributed by atoms with Crippen LogP contribution >= 0.6 is 0 Å². The lowest BCUT2D eigenvalue weighted by Crippen LogP contribution is -2.38. The van der Waals surface area contributed by atoms with E-state index < -0.39 is 5.41 Å². The molecule has 0 saturated heterocycles. The van der Waals surface area contributed by atoms with Crippen molar-refractivity contribution in [2.75, 3.05) is 0 Å². The van der Waals surface area contributed by atoms with Crippen LogP contribution in [0.25, 0.3) is 16.7 Å². The highest BCUT2D eigenvalue weighted by atomic mass is 14.5. The summed E-state index contributed by atoms with van der Waals surface area (Å²) in [6.45, 7) is 19.9. The second kappa shape index (κ2) is 11.8. The third-order valence-corrected chi connectivity index (χ3v) is 14.3. The standard InChI is InChI=1S/C53H56/c1-49(2)26-28-51(5,6)46-33-42-40(31-44(46)49)41-32-45-47(52(7,8)29-27-50(45,3)4)34-43(41)48(42)53(37-20-14-10-15-21-37,38-22-16-11-17-23-38)39-25-24-36(30-39)35-18-12-9-13-19-35/h9-24,30-34,48H,25-29H2,1-8H3. The minimum absolute atomic E-state index is 0.101. The summed E-state index contributed by atoms with van der Waals surface area (Å²) in [6, 6.07) is 44.9. The maximum Gasteiger partial charge on any atom is 0.0526 e. The molecule has 0 fully saturated rings. The molecular formula is C53H56. The van der Waals surface area contributed by atoms with Gasteiger partial charge in [-0.25, -0.2) is 0 Å². The maximum atomic E-state index is 2.72. The summed E-state index contributed by atoms with van der Waals surface area (Å²) in [5, 5.41) is 0. The Labute approximate surface area is 319 Å². The molecule has 0 unspecified atom stereocenters. The first kappa shape index (κ1) is 34.4. The van der Waals surface area contributed by atoms with Gasteiger partial charge >= 0.3 is 0 Å². The molecule has 5 aromatic carbocycles. The molecule has 268 valence electrons. The van der Waals surface area contributed by atoms with Gasteiger partial charge in [-0.2, -0.15) is 0 Å². The molecule has 5 aromatic rings. The lowest BCUT2D eigenvalue weighted by Gasteiger charge is -2.46. The van der Waals surface area contributed by atoms with Crippen LogP contribution in [0.3, 0.4) is 0 Å². The Kier molecular flexibility index (Phi) is 7.64. The van der Waals surface area contributed by atoms with Crippen LogP contribution in [-0.4, -0.2) is 0 Å². The average Bonchev–Trinajstić information content (AvgIpc) is 3.77. The smallest absolute Gasteiger partial charge is 0.0526 e. The minimum atomic E-state index is -0.430. The van der Waals surface area contributed by atoms with E-state index in [1.54, 1.807) is 22.3 Å². The van der Waals surface area contributed by atoms with Crippen molar-refractivity contribution in [2.24, 2.45) is 0 Å². The van der Waals surface area contributed by atoms with Crippen molar-refractivity contribution >= 4 is 5.57 Å². The lowest BCUT2D eigenvalue weighted by atomic mass is 9.57. The fourth-order valence-electron chi connectivity index (χ4n) is 10.9. The van der Waals surface area contributed by atoms with Gasteiger partial charge in [0, 0.05) is 5.92 Å². The zero-order chi connectivity index (χ0) is 37.0. The Balaban J connectivity index is 1.43. The number of rotatable bonds is 5. The molecular weight excluding hydrogens is 637 g/mol. The van der Waals surface area contributed by atoms with E-state index in [1.807, 2.05) is 0 Å². The van der Waals surface area contributed by atoms with Gasteiger partial charge in [0.15, 0.2) is 0 Å². The summed E-state index contributed by atoms with van der Waals surface area (Å²) in [5.41, 5.74) is 19.0. The summed E-state index contributed by atoms with van der Waals surface area (Å²) in [4.78, 5) is 0. The molecule has 0 N–H and O–H groups in total. The largest absolute Gasteiger partial charge is 0.0725 e. The van der Waals surface area contributed by atoms with Crippen LogP contribution in [0.2, 0.25) is 0 Å². The zero-order valence-electron chi connectivity index (χ0n) is 33.2. The minimum Gasteiger partial charge on any atom is -0.0725 e. The summed E-state index contributed by atoms with van der Waals surface area (Å²) in [7, 11) is 0. The fraction of sp³-hybridized carbons (Fsp3) is 0.358. The van der Waals surface area contributed by atoms with Crippen LogP contribution in [0.5, 0.6) is 0 Å². The molecule has 0 aromatic heterocycles. The molecule has 0 heterocycles. The first-order valence-electron chi connectivity index (χ1n) is 20.2. The number of hydrogen-bond acceptors (Lipinski definition) is 0. The van der Waals surface area contributed by atoms with Crippen LogP contribution in [-0.2, 0) is 27.1 Å². The molecule has 0 heteroatoms. The first-order valence-corrected chi connectivity index (χ1v) is 20.2. The summed E-state index contributed by atoms with van der Waals surface area (Å²) in [6.07, 6.45) is 10.8. The Morgan fingerprint density at radius 2 is 0.849 bits per heavy atom. The molecule has 0 radical (unpaired) electrons. The van der Waals surface area contributed by atoms with Gasteiger partial charge in [0.25, 0.3) is 0 Å². The van der Waals surface area contributed by atoms with Gasteiger partial charge in [-0.15, -0.1) is 0 Å². The fourth-order valence-corrected chi connectivity index (χ4v) is 10.9. The number of hydrogen-bond donors (Lipinski definition) is 0. The summed E-state index contributed by atoms with van der Waals surface area (Å²) < 4.78 is 0. The highest BCUT2D eigenvalue weighted by Gasteiger charge is 2.53. The van der Waals surface area contributed by atoms with E-state index in [0.717, 1.165) is 6.42 Å². The van der Waals surface area contributed by atoms with Crippen molar-refractivity contribution in [2.45, 2.75) is 120 Å². The van der Waals surface area contributed by atoms with E-state index in [1.165, 1.54) is 75.8 Å². The molecule has 0 nitrogen and oxygen atoms in total. The zero-order valence-corrected chi connectivity index (χ0v) is 33.2. The van der Waals surface area contributed by atoms with E-state index >= 15 is 0 Å². The predicted molar refractivity (Wildman–Crippen MR) is 225 cm³/mol. The van der Waals surface area contributed by atoms with E-state index in [9.17, 15) is 0 Å². The maximum absolute atomic E-state index is 2.72. The van der Waals surface area contributed by atoms with Crippen LogP contribution in [0.4, 0.5) is 0 Å². The molecule has 0 atom stereocenters. The third-order valence-electron chi connectivity index (χ3n) is 14.3. The van der Waals surface area contributed by atoms with Gasteiger partial charge in [-0.1, -0.05) is 183 Å². The van der Waals surface area contributed by atoms with E-state index in [-0.39, 0.29) is 27.6 Å². The molecule has 0 saturated carbocycles. The molecule has 0 aliphatic heterocycles. The van der Waals surface area contributed by atoms with Crippen LogP contribution in [0, 0.1) is 0 Å². The van der Waals surface area contributed by atoms with Crippen molar-refractivity contribution in [1.29, 1.82) is 0 Å². The van der Waals surface area contributed by atoms with Crippen LogP contribution in [0.1, 0.15) is 143 Å². The van der Waals surface area contributed by atoms with E-state index in [0.29, 0.717) is 0 Å². The molecule has 4 aliphatic carbocycles. The second-order valence-electron chi connectivity index (χ2n) is 19.4. The number of fused-ring (bicyclic) bond motifs is 5. The average molecular weight is 693 g/mol. The molecule has 0 spiro atoms. The molecule has 9 rings (SSSR count). The molecule has 0 bridgehead atoms. The third kappa shape index (κ3) is 5.15. The van der Waals surface area contributed by atoms with Gasteiger partial charge in [-0.3, -0.25) is 0 Å². The Morgan fingerprint density at radius 3 is 1.26 bits per heavy atom. The van der Waals surface area contributed by atoms with Gasteiger partial charge in [0.2, 0.25) is 0 Å². The SMILES string of the molecule is CC1(C)CCC(C)(C)c2cc3c(cc21)-c1cc2c(cc1C3C(C1=CC(c3ccccc3)=CC1)(c1ccccc1)c1ccccc1)C(C)(C)CCC2(C)C. The van der Waals surface area contributed by atoms with Gasteiger partial charge in [0.1, 0.15) is 0 Å². The second-order valence-corrected chi connectivity index (χ2v) is 19.4. The van der Waals surface area contributed by atoms with E-state index in [4.69, 9.17) is 0 Å². The number of allylic oxidation sites excluding steroid dienone is 4. The molecule has 0 amide bonds. The van der Waals surface area contributed by atoms with E-state index in [2.05, 4.69) is 183 Å². The highest BCUT2D eigenvalue weighted by molar-refractivity contribution is 5.86. The highest BCUT2D eigenvalue weighted by Crippen LogP contribution is 2.64. The van der Waals surface area contributed by atoms with Gasteiger partial charge in [-0.05, 0) is 126 Å². The first-order chi connectivity index (χ1) is 25.2. The predicted octanol–water partition coefficient (Wildman–Crippen LogP) is 13.9. The van der Waals surface area contributed by atoms with Crippen molar-refractivity contribution < 1.29 is 0 Å². The van der Waals surface area contributed by atoms with Crippen molar-refractivity contribution in [1.82, 2.24) is 0 Å². The summed E-state index contributed by atoms with van der Waals surface area (Å²) in [5.74, 6) is 0.101. The van der Waals surface area contributed by atoms with Crippen LogP contribution in [0.15, 0.2) is 133 Å². The Morgan fingerprint density at radius 1 is 0.472 bits per heavy atom. The normalized spacial score (nSPS) is 20.5. The van der Waals surface area contributed by atoms with Gasteiger partial charge < -0.3 is 0 Å². The van der Waals surface area contributed by atoms with Crippen LogP contribution < -0.4 is 0 Å². The lowest BCUT2D eigenvalue weighted by molar-refractivity contribution is 0.331. The Hall–Kier alpha value is -4.42. The topological polar surface area (TPSA) is 0 Å². The quantitative estimate of drug-likeness (QED) is 0.172. The monoisotopic (exact) mass is 692 g/mol. The van der Waals surface area contributed by atoms with Crippen molar-refractivity contribution in [3.8, 4) is 11.1 Å². The summed E-state index contributed by atoms with van der Waals surface area (Å²) >= 11 is 0. The Bertz CT molecular complexity index is 2160. The van der Waals surface area contributed by atoms with Gasteiger partial charge in [0.05, 0.1) is 5.41 Å².